The van der Waals surface area contributed by atoms with Crippen molar-refractivity contribution in [2.24, 2.45) is 0 Å². The molecule has 0 atom stereocenters. The molecule has 20 heavy (non-hydrogen) atoms. The molecule has 0 bridgehead atoms. The molecule has 0 unspecified atom stereocenters. The highest BCUT2D eigenvalue weighted by Gasteiger charge is 2.05. The monoisotopic (exact) mass is 286 g/mol. The summed E-state index contributed by atoms with van der Waals surface area (Å²) in [5.74, 6) is 0.600. The van der Waals surface area contributed by atoms with Crippen molar-refractivity contribution in [3.63, 3.8) is 0 Å². The number of nitrogens with zero attached hydrogens (tertiary/aromatic N) is 3. The topological polar surface area (TPSA) is 71.5 Å². The maximum Gasteiger partial charge on any atom is 0.279 e. The van der Waals surface area contributed by atoms with Crippen LogP contribution in [0.2, 0.25) is 5.02 Å². The summed E-state index contributed by atoms with van der Waals surface area (Å²) in [4.78, 5) is 26.9. The first-order chi connectivity index (χ1) is 9.72. The molecule has 0 spiro atoms. The Labute approximate surface area is 119 Å². The van der Waals surface area contributed by atoms with Gasteiger partial charge in [-0.2, -0.15) is 0 Å². The fourth-order valence-electron chi connectivity index (χ4n) is 1.99. The van der Waals surface area contributed by atoms with E-state index in [1.54, 1.807) is 0 Å². The zero-order valence-corrected chi connectivity index (χ0v) is 11.3. The van der Waals surface area contributed by atoms with Crippen molar-refractivity contribution in [2.45, 2.75) is 12.8 Å². The molecule has 0 radical (unpaired) electrons. The second kappa shape index (κ2) is 5.38. The molecular formula is C14H11ClN4O. The summed E-state index contributed by atoms with van der Waals surface area (Å²) >= 11 is 5.94. The molecule has 1 aromatic carbocycles. The quantitative estimate of drug-likeness (QED) is 0.801. The summed E-state index contributed by atoms with van der Waals surface area (Å²) in [5, 5.41) is 0.702. The Balaban J connectivity index is 1.86. The molecule has 3 aromatic rings. The molecule has 2 heterocycles. The highest BCUT2D eigenvalue weighted by molar-refractivity contribution is 6.30. The third-order valence-corrected chi connectivity index (χ3v) is 3.17. The molecule has 0 saturated carbocycles. The van der Waals surface area contributed by atoms with E-state index in [0.717, 1.165) is 12.0 Å². The largest absolute Gasteiger partial charge is 0.309 e. The van der Waals surface area contributed by atoms with E-state index in [9.17, 15) is 4.79 Å². The lowest BCUT2D eigenvalue weighted by Crippen LogP contribution is -2.14. The zero-order chi connectivity index (χ0) is 13.9. The fourth-order valence-corrected chi connectivity index (χ4v) is 2.21. The summed E-state index contributed by atoms with van der Waals surface area (Å²) in [6.45, 7) is 0. The first-order valence-electron chi connectivity index (χ1n) is 6.17. The molecule has 2 aromatic heterocycles. The third-order valence-electron chi connectivity index (χ3n) is 2.93. The minimum absolute atomic E-state index is 0.260. The predicted octanol–water partition coefficient (Wildman–Crippen LogP) is 2.15. The number of benzene rings is 1. The highest BCUT2D eigenvalue weighted by atomic mass is 35.5. The molecule has 3 rings (SSSR count). The van der Waals surface area contributed by atoms with Crippen molar-refractivity contribution < 1.29 is 0 Å². The lowest BCUT2D eigenvalue weighted by atomic mass is 10.1. The number of nitrogens with one attached hydrogen (secondary N) is 1. The van der Waals surface area contributed by atoms with Gasteiger partial charge < -0.3 is 4.98 Å². The van der Waals surface area contributed by atoms with E-state index in [2.05, 4.69) is 19.9 Å². The van der Waals surface area contributed by atoms with Gasteiger partial charge in [-0.3, -0.25) is 4.79 Å². The molecule has 100 valence electrons. The Morgan fingerprint density at radius 1 is 1.15 bits per heavy atom. The standard InChI is InChI=1S/C14H11ClN4O/c15-10-3-1-2-9(8-10)4-5-11-18-13-12(14(20)19-11)16-6-7-17-13/h1-3,6-8H,4-5H2,(H,17,18,19,20). The van der Waals surface area contributed by atoms with Crippen LogP contribution in [0.15, 0.2) is 41.5 Å². The molecule has 1 N–H and O–H groups in total. The summed E-state index contributed by atoms with van der Waals surface area (Å²) < 4.78 is 0. The molecular weight excluding hydrogens is 276 g/mol. The van der Waals surface area contributed by atoms with Gasteiger partial charge in [0.2, 0.25) is 0 Å². The van der Waals surface area contributed by atoms with Gasteiger partial charge in [-0.1, -0.05) is 23.7 Å². The number of hydrogen-bond donors (Lipinski definition) is 1. The Hall–Kier alpha value is -2.27. The number of aromatic amines is 1. The van der Waals surface area contributed by atoms with Crippen LogP contribution in [0, 0.1) is 0 Å². The van der Waals surface area contributed by atoms with Crippen LogP contribution >= 0.6 is 11.6 Å². The predicted molar refractivity (Wildman–Crippen MR) is 76.8 cm³/mol. The lowest BCUT2D eigenvalue weighted by Gasteiger charge is -2.03. The SMILES string of the molecule is O=c1[nH]c(CCc2cccc(Cl)c2)nc2nccnc12. The first-order valence-corrected chi connectivity index (χ1v) is 6.54. The number of H-pyrrole nitrogens is 1. The zero-order valence-electron chi connectivity index (χ0n) is 10.5. The summed E-state index contributed by atoms with van der Waals surface area (Å²) in [6, 6.07) is 7.63. The summed E-state index contributed by atoms with van der Waals surface area (Å²) in [7, 11) is 0. The Kier molecular flexibility index (Phi) is 3.43. The molecule has 0 saturated heterocycles. The maximum absolute atomic E-state index is 11.8. The van der Waals surface area contributed by atoms with Crippen LogP contribution in [0.4, 0.5) is 0 Å². The fraction of sp³-hybridized carbons (Fsp3) is 0.143. The van der Waals surface area contributed by atoms with Gasteiger partial charge in [-0.25, -0.2) is 15.0 Å². The average Bonchev–Trinajstić information content (AvgIpc) is 2.45. The smallest absolute Gasteiger partial charge is 0.279 e. The second-order valence-electron chi connectivity index (χ2n) is 4.37. The number of halogens is 1. The lowest BCUT2D eigenvalue weighted by molar-refractivity contribution is 0.854. The molecule has 0 aliphatic rings. The van der Waals surface area contributed by atoms with E-state index in [1.807, 2.05) is 24.3 Å². The van der Waals surface area contributed by atoms with Gasteiger partial charge in [0.1, 0.15) is 5.82 Å². The van der Waals surface area contributed by atoms with Crippen LogP contribution in [0.25, 0.3) is 11.2 Å². The van der Waals surface area contributed by atoms with E-state index in [0.29, 0.717) is 22.9 Å². The minimum atomic E-state index is -0.260. The van der Waals surface area contributed by atoms with Crippen LogP contribution < -0.4 is 5.56 Å². The van der Waals surface area contributed by atoms with Crippen molar-refractivity contribution in [1.29, 1.82) is 0 Å². The molecule has 5 nitrogen and oxygen atoms in total. The molecule has 6 heteroatoms. The normalized spacial score (nSPS) is 10.8. The second-order valence-corrected chi connectivity index (χ2v) is 4.81. The summed E-state index contributed by atoms with van der Waals surface area (Å²) in [6.07, 6.45) is 4.36. The van der Waals surface area contributed by atoms with Crippen LogP contribution in [0.3, 0.4) is 0 Å². The molecule has 0 aliphatic heterocycles. The number of rotatable bonds is 3. The molecule has 0 fully saturated rings. The maximum atomic E-state index is 11.8. The van der Waals surface area contributed by atoms with Crippen LogP contribution in [0.5, 0.6) is 0 Å². The molecule has 0 aliphatic carbocycles. The van der Waals surface area contributed by atoms with Crippen molar-refractivity contribution in [1.82, 2.24) is 19.9 Å². The highest BCUT2D eigenvalue weighted by Crippen LogP contribution is 2.12. The average molecular weight is 287 g/mol. The third kappa shape index (κ3) is 2.67. The van der Waals surface area contributed by atoms with Crippen molar-refractivity contribution in [2.75, 3.05) is 0 Å². The van der Waals surface area contributed by atoms with Gasteiger partial charge in [0.05, 0.1) is 0 Å². The van der Waals surface area contributed by atoms with Crippen LogP contribution in [-0.4, -0.2) is 19.9 Å². The Bertz CT molecular complexity index is 815. The van der Waals surface area contributed by atoms with E-state index in [4.69, 9.17) is 11.6 Å². The Morgan fingerprint density at radius 2 is 2.00 bits per heavy atom. The Morgan fingerprint density at radius 3 is 2.85 bits per heavy atom. The number of aryl methyl sites for hydroxylation is 2. The van der Waals surface area contributed by atoms with Crippen molar-refractivity contribution in [3.05, 3.63) is 63.4 Å². The number of aromatic nitrogens is 4. The van der Waals surface area contributed by atoms with E-state index in [1.165, 1.54) is 12.4 Å². The van der Waals surface area contributed by atoms with Crippen LogP contribution in [0.1, 0.15) is 11.4 Å². The summed E-state index contributed by atoms with van der Waals surface area (Å²) in [5.41, 5.74) is 1.47. The van der Waals surface area contributed by atoms with Gasteiger partial charge in [-0.05, 0) is 24.1 Å². The molecule has 0 amide bonds. The van der Waals surface area contributed by atoms with Gasteiger partial charge in [0, 0.05) is 23.8 Å². The van der Waals surface area contributed by atoms with Gasteiger partial charge in [-0.15, -0.1) is 0 Å². The van der Waals surface area contributed by atoms with Crippen molar-refractivity contribution >= 4 is 22.8 Å². The van der Waals surface area contributed by atoms with E-state index >= 15 is 0 Å². The van der Waals surface area contributed by atoms with Gasteiger partial charge in [0.25, 0.3) is 5.56 Å². The van der Waals surface area contributed by atoms with E-state index < -0.39 is 0 Å². The number of fused-ring (bicyclic) bond motifs is 1. The first kappa shape index (κ1) is 12.7. The van der Waals surface area contributed by atoms with Gasteiger partial charge >= 0.3 is 0 Å². The van der Waals surface area contributed by atoms with E-state index in [-0.39, 0.29) is 11.1 Å². The number of hydrogen-bond acceptors (Lipinski definition) is 4. The van der Waals surface area contributed by atoms with Crippen molar-refractivity contribution in [3.8, 4) is 0 Å². The van der Waals surface area contributed by atoms with Gasteiger partial charge in [0.15, 0.2) is 11.2 Å². The minimum Gasteiger partial charge on any atom is -0.309 e. The van der Waals surface area contributed by atoms with Crippen LogP contribution in [-0.2, 0) is 12.8 Å².